The summed E-state index contributed by atoms with van der Waals surface area (Å²) in [5.41, 5.74) is 0. The molecule has 1 fully saturated rings. The summed E-state index contributed by atoms with van der Waals surface area (Å²) in [6.45, 7) is 4.76. The molecular weight excluding hydrogens is 192 g/mol. The first-order valence-corrected chi connectivity index (χ1v) is 5.57. The van der Waals surface area contributed by atoms with E-state index in [9.17, 15) is 9.59 Å². The number of rotatable bonds is 3. The van der Waals surface area contributed by atoms with Gasteiger partial charge in [-0.2, -0.15) is 0 Å². The number of likely N-dealkylation sites (N-methyl/N-ethyl adjacent to an activating group) is 1. The highest BCUT2D eigenvalue weighted by Gasteiger charge is 2.33. The fourth-order valence-electron chi connectivity index (χ4n) is 1.97. The molecule has 1 rings (SSSR count). The molecule has 0 aromatic heterocycles. The minimum atomic E-state index is -0.235. The van der Waals surface area contributed by atoms with Crippen LogP contribution in [0.15, 0.2) is 0 Å². The number of carbonyl (C=O) groups excluding carboxylic acids is 2. The van der Waals surface area contributed by atoms with Crippen molar-refractivity contribution in [1.29, 1.82) is 0 Å². The Bertz CT molecular complexity index is 251. The maximum Gasteiger partial charge on any atom is 0.242 e. The van der Waals surface area contributed by atoms with Crippen molar-refractivity contribution in [3.63, 3.8) is 0 Å². The molecule has 4 heteroatoms. The highest BCUT2D eigenvalue weighted by atomic mass is 16.2. The molecule has 0 aromatic rings. The van der Waals surface area contributed by atoms with Crippen LogP contribution in [0.1, 0.15) is 33.1 Å². The van der Waals surface area contributed by atoms with Crippen LogP contribution in [0, 0.1) is 5.92 Å². The van der Waals surface area contributed by atoms with Gasteiger partial charge in [0.1, 0.15) is 6.04 Å². The number of amides is 2. The topological polar surface area (TPSA) is 49.4 Å². The second-order valence-corrected chi connectivity index (χ2v) is 4.46. The van der Waals surface area contributed by atoms with Crippen molar-refractivity contribution >= 4 is 11.8 Å². The van der Waals surface area contributed by atoms with Gasteiger partial charge in [-0.1, -0.05) is 13.8 Å². The van der Waals surface area contributed by atoms with Gasteiger partial charge < -0.3 is 10.2 Å². The van der Waals surface area contributed by atoms with Gasteiger partial charge in [0.05, 0.1) is 0 Å². The number of nitrogens with zero attached hydrogens (tertiary/aromatic N) is 1. The Morgan fingerprint density at radius 3 is 2.67 bits per heavy atom. The summed E-state index contributed by atoms with van der Waals surface area (Å²) in [6, 6.07) is -0.235. The van der Waals surface area contributed by atoms with Gasteiger partial charge in [-0.25, -0.2) is 0 Å². The van der Waals surface area contributed by atoms with Crippen LogP contribution in [-0.2, 0) is 9.59 Å². The molecule has 1 saturated heterocycles. The molecule has 0 spiro atoms. The molecule has 0 saturated carbocycles. The molecule has 86 valence electrons. The van der Waals surface area contributed by atoms with Crippen LogP contribution in [0.5, 0.6) is 0 Å². The monoisotopic (exact) mass is 212 g/mol. The third-order valence-electron chi connectivity index (χ3n) is 2.71. The molecule has 15 heavy (non-hydrogen) atoms. The van der Waals surface area contributed by atoms with Crippen molar-refractivity contribution in [3.05, 3.63) is 0 Å². The van der Waals surface area contributed by atoms with E-state index in [-0.39, 0.29) is 17.9 Å². The largest absolute Gasteiger partial charge is 0.357 e. The number of hydrogen-bond donors (Lipinski definition) is 1. The molecule has 1 atom stereocenters. The highest BCUT2D eigenvalue weighted by Crippen LogP contribution is 2.19. The quantitative estimate of drug-likeness (QED) is 0.751. The van der Waals surface area contributed by atoms with Gasteiger partial charge in [-0.05, 0) is 18.8 Å². The summed E-state index contributed by atoms with van der Waals surface area (Å²) >= 11 is 0. The molecule has 1 aliphatic heterocycles. The van der Waals surface area contributed by atoms with E-state index in [2.05, 4.69) is 5.32 Å². The maximum absolute atomic E-state index is 11.8. The fraction of sp³-hybridized carbons (Fsp3) is 0.818. The molecular formula is C11H20N2O2. The van der Waals surface area contributed by atoms with Gasteiger partial charge in [0.15, 0.2) is 0 Å². The van der Waals surface area contributed by atoms with Crippen molar-refractivity contribution in [1.82, 2.24) is 10.2 Å². The smallest absolute Gasteiger partial charge is 0.242 e. The van der Waals surface area contributed by atoms with Crippen molar-refractivity contribution in [3.8, 4) is 0 Å². The van der Waals surface area contributed by atoms with Crippen LogP contribution in [0.4, 0.5) is 0 Å². The summed E-state index contributed by atoms with van der Waals surface area (Å²) in [4.78, 5) is 25.1. The van der Waals surface area contributed by atoms with Gasteiger partial charge in [0.2, 0.25) is 11.8 Å². The molecule has 1 N–H and O–H groups in total. The third kappa shape index (κ3) is 2.94. The van der Waals surface area contributed by atoms with Crippen LogP contribution in [0.2, 0.25) is 0 Å². The second-order valence-electron chi connectivity index (χ2n) is 4.46. The zero-order valence-electron chi connectivity index (χ0n) is 9.75. The van der Waals surface area contributed by atoms with Crippen molar-refractivity contribution in [2.45, 2.75) is 39.2 Å². The van der Waals surface area contributed by atoms with Gasteiger partial charge in [0.25, 0.3) is 0 Å². The number of nitrogens with one attached hydrogen (secondary N) is 1. The van der Waals surface area contributed by atoms with Crippen LogP contribution >= 0.6 is 0 Å². The van der Waals surface area contributed by atoms with Gasteiger partial charge >= 0.3 is 0 Å². The van der Waals surface area contributed by atoms with E-state index in [0.717, 1.165) is 19.4 Å². The molecule has 4 nitrogen and oxygen atoms in total. The van der Waals surface area contributed by atoms with E-state index in [4.69, 9.17) is 0 Å². The van der Waals surface area contributed by atoms with Crippen LogP contribution in [0.25, 0.3) is 0 Å². The molecule has 0 bridgehead atoms. The first-order valence-electron chi connectivity index (χ1n) is 5.57. The minimum Gasteiger partial charge on any atom is -0.357 e. The number of hydrogen-bond acceptors (Lipinski definition) is 2. The lowest BCUT2D eigenvalue weighted by Gasteiger charge is -2.24. The summed E-state index contributed by atoms with van der Waals surface area (Å²) in [5.74, 6) is 0.421. The Hall–Kier alpha value is -1.06. The van der Waals surface area contributed by atoms with Crippen molar-refractivity contribution < 1.29 is 9.59 Å². The van der Waals surface area contributed by atoms with E-state index in [0.29, 0.717) is 12.3 Å². The third-order valence-corrected chi connectivity index (χ3v) is 2.71. The second kappa shape index (κ2) is 5.14. The Kier molecular flexibility index (Phi) is 4.12. The van der Waals surface area contributed by atoms with Crippen molar-refractivity contribution in [2.24, 2.45) is 5.92 Å². The SMILES string of the molecule is CNC(=O)C1CCCN1C(=O)CC(C)C. The minimum absolute atomic E-state index is 0.0374. The highest BCUT2D eigenvalue weighted by molar-refractivity contribution is 5.88. The first-order chi connectivity index (χ1) is 7.06. The van der Waals surface area contributed by atoms with E-state index in [1.807, 2.05) is 13.8 Å². The van der Waals surface area contributed by atoms with Gasteiger partial charge in [-0.3, -0.25) is 9.59 Å². The Balaban J connectivity index is 2.60. The zero-order chi connectivity index (χ0) is 11.4. The lowest BCUT2D eigenvalue weighted by atomic mass is 10.1. The fourth-order valence-corrected chi connectivity index (χ4v) is 1.97. The summed E-state index contributed by atoms with van der Waals surface area (Å²) < 4.78 is 0. The summed E-state index contributed by atoms with van der Waals surface area (Å²) in [6.07, 6.45) is 2.26. The molecule has 0 radical (unpaired) electrons. The van der Waals surface area contributed by atoms with Crippen LogP contribution < -0.4 is 5.32 Å². The van der Waals surface area contributed by atoms with E-state index >= 15 is 0 Å². The normalized spacial score (nSPS) is 20.8. The van der Waals surface area contributed by atoms with E-state index in [1.165, 1.54) is 0 Å². The molecule has 1 heterocycles. The first kappa shape index (κ1) is 12.0. The predicted octanol–water partition coefficient (Wildman–Crippen LogP) is 0.769. The number of likely N-dealkylation sites (tertiary alicyclic amines) is 1. The van der Waals surface area contributed by atoms with Crippen LogP contribution in [0.3, 0.4) is 0 Å². The molecule has 0 aromatic carbocycles. The van der Waals surface area contributed by atoms with Crippen molar-refractivity contribution in [2.75, 3.05) is 13.6 Å². The molecule has 1 aliphatic rings. The summed E-state index contributed by atoms with van der Waals surface area (Å²) in [5, 5.41) is 2.61. The summed E-state index contributed by atoms with van der Waals surface area (Å²) in [7, 11) is 1.62. The molecule has 2 amide bonds. The molecule has 1 unspecified atom stereocenters. The average molecular weight is 212 g/mol. The Morgan fingerprint density at radius 1 is 1.47 bits per heavy atom. The Morgan fingerprint density at radius 2 is 2.13 bits per heavy atom. The Labute approximate surface area is 91.0 Å². The number of carbonyl (C=O) groups is 2. The van der Waals surface area contributed by atoms with Gasteiger partial charge in [-0.15, -0.1) is 0 Å². The molecule has 0 aliphatic carbocycles. The lowest BCUT2D eigenvalue weighted by molar-refractivity contribution is -0.138. The van der Waals surface area contributed by atoms with E-state index in [1.54, 1.807) is 11.9 Å². The standard InChI is InChI=1S/C11H20N2O2/c1-8(2)7-10(14)13-6-4-5-9(13)11(15)12-3/h8-9H,4-7H2,1-3H3,(H,12,15). The predicted molar refractivity (Wildman–Crippen MR) is 58.3 cm³/mol. The lowest BCUT2D eigenvalue weighted by Crippen LogP contribution is -2.45. The average Bonchev–Trinajstić information content (AvgIpc) is 2.63. The van der Waals surface area contributed by atoms with Gasteiger partial charge in [0, 0.05) is 20.0 Å². The van der Waals surface area contributed by atoms with E-state index < -0.39 is 0 Å². The van der Waals surface area contributed by atoms with Crippen LogP contribution in [-0.4, -0.2) is 36.3 Å². The maximum atomic E-state index is 11.8. The zero-order valence-corrected chi connectivity index (χ0v) is 9.75.